The largest absolute Gasteiger partial charge is 0.466 e. The Labute approximate surface area is 302 Å². The van der Waals surface area contributed by atoms with Gasteiger partial charge in [0, 0.05) is 60.5 Å². The molecule has 4 N–H and O–H groups in total. The molecule has 0 fully saturated rings. The van der Waals surface area contributed by atoms with Gasteiger partial charge in [0.1, 0.15) is 0 Å². The molecule has 5 rings (SSSR count). The highest BCUT2D eigenvalue weighted by Gasteiger charge is 2.14. The van der Waals surface area contributed by atoms with Crippen LogP contribution < -0.4 is 16.0 Å². The second-order valence-electron chi connectivity index (χ2n) is 11.6. The van der Waals surface area contributed by atoms with Crippen molar-refractivity contribution in [3.05, 3.63) is 132 Å². The number of benzene rings is 5. The Morgan fingerprint density at radius 3 is 1.92 bits per heavy atom. The number of esters is 1. The molecule has 256 valence electrons. The molecule has 0 aliphatic heterocycles. The van der Waals surface area contributed by atoms with E-state index < -0.39 is 11.9 Å². The summed E-state index contributed by atoms with van der Waals surface area (Å²) in [5.74, 6) is -1.36. The summed E-state index contributed by atoms with van der Waals surface area (Å²) in [5.41, 5.74) is 4.02. The van der Waals surface area contributed by atoms with Crippen molar-refractivity contribution in [3.63, 3.8) is 0 Å². The number of methoxy groups -OCH3 is 1. The number of carbonyl (C=O) groups excluding carboxylic acids is 2. The quantitative estimate of drug-likeness (QED) is 0.0247. The molecule has 0 saturated heterocycles. The molecular weight excluding hydrogens is 667 g/mol. The third-order valence-corrected chi connectivity index (χ3v) is 8.68. The molecule has 5 aromatic carbocycles. The van der Waals surface area contributed by atoms with Gasteiger partial charge in [-0.1, -0.05) is 97.1 Å². The second kappa shape index (κ2) is 17.9. The van der Waals surface area contributed by atoms with E-state index in [0.717, 1.165) is 56.2 Å². The number of nitrogens with zero attached hydrogens (tertiary/aromatic N) is 2. The standard InChI is InChI=1S/C39H39N5O4S2/c1-48-37(46)23-22-36(45)44(47)25-7-6-24-43(39(50)42-35-17-9-13-31-11-3-5-15-33(31)35)27-29-20-18-28(19-21-29)26-40-38(49)41-34-16-8-12-30-10-2-4-14-32(30)34/h2-5,8-23,47H,6-7,24-27H2,1H3,(H,42,50)(H2,40,41,49)/b23-22+. The number of anilines is 2. The van der Waals surface area contributed by atoms with E-state index in [2.05, 4.69) is 86.3 Å². The number of amides is 1. The summed E-state index contributed by atoms with van der Waals surface area (Å²) in [7, 11) is 1.22. The average Bonchev–Trinajstić information content (AvgIpc) is 3.14. The van der Waals surface area contributed by atoms with Crippen molar-refractivity contribution < 1.29 is 19.5 Å². The number of unbranched alkanes of at least 4 members (excludes halogenated alkanes) is 1. The molecule has 9 nitrogen and oxygen atoms in total. The van der Waals surface area contributed by atoms with Crippen LogP contribution in [-0.4, -0.2) is 57.5 Å². The molecule has 0 heterocycles. The van der Waals surface area contributed by atoms with Crippen LogP contribution in [-0.2, 0) is 27.4 Å². The summed E-state index contributed by atoms with van der Waals surface area (Å²) >= 11 is 11.5. The summed E-state index contributed by atoms with van der Waals surface area (Å²) in [5, 5.41) is 26.3. The first-order valence-corrected chi connectivity index (χ1v) is 17.0. The maximum atomic E-state index is 12.1. The van der Waals surface area contributed by atoms with Crippen LogP contribution in [0.25, 0.3) is 21.5 Å². The topological polar surface area (TPSA) is 106 Å². The van der Waals surface area contributed by atoms with Gasteiger partial charge in [-0.2, -0.15) is 0 Å². The molecule has 0 unspecified atom stereocenters. The number of fused-ring (bicyclic) bond motifs is 2. The van der Waals surface area contributed by atoms with E-state index in [9.17, 15) is 14.8 Å². The molecule has 0 radical (unpaired) electrons. The number of nitrogens with one attached hydrogen (secondary N) is 3. The van der Waals surface area contributed by atoms with Gasteiger partial charge in [0.2, 0.25) is 0 Å². The zero-order valence-electron chi connectivity index (χ0n) is 27.7. The lowest BCUT2D eigenvalue weighted by atomic mass is 10.1. The van der Waals surface area contributed by atoms with Gasteiger partial charge in [0.05, 0.1) is 7.11 Å². The first-order valence-electron chi connectivity index (χ1n) is 16.2. The van der Waals surface area contributed by atoms with Gasteiger partial charge in [0.25, 0.3) is 5.91 Å². The molecule has 0 aliphatic rings. The maximum Gasteiger partial charge on any atom is 0.330 e. The predicted octanol–water partition coefficient (Wildman–Crippen LogP) is 7.41. The summed E-state index contributed by atoms with van der Waals surface area (Å²) < 4.78 is 4.49. The van der Waals surface area contributed by atoms with E-state index in [0.29, 0.717) is 47.8 Å². The molecule has 1 amide bonds. The van der Waals surface area contributed by atoms with Gasteiger partial charge in [-0.25, -0.2) is 9.86 Å². The number of hydrogen-bond acceptors (Lipinski definition) is 6. The fourth-order valence-electron chi connectivity index (χ4n) is 5.42. The smallest absolute Gasteiger partial charge is 0.330 e. The van der Waals surface area contributed by atoms with Crippen LogP contribution in [0.5, 0.6) is 0 Å². The third kappa shape index (κ3) is 10.1. The Morgan fingerprint density at radius 1 is 0.720 bits per heavy atom. The summed E-state index contributed by atoms with van der Waals surface area (Å²) in [4.78, 5) is 25.5. The van der Waals surface area contributed by atoms with Crippen LogP contribution in [0, 0.1) is 0 Å². The lowest BCUT2D eigenvalue weighted by Gasteiger charge is -2.27. The molecule has 11 heteroatoms. The number of rotatable bonds is 13. The molecule has 0 spiro atoms. The lowest BCUT2D eigenvalue weighted by molar-refractivity contribution is -0.159. The van der Waals surface area contributed by atoms with Gasteiger partial charge in [-0.15, -0.1) is 0 Å². The van der Waals surface area contributed by atoms with E-state index >= 15 is 0 Å². The fourth-order valence-corrected chi connectivity index (χ4v) is 5.86. The van der Waals surface area contributed by atoms with Crippen molar-refractivity contribution in [1.82, 2.24) is 15.3 Å². The molecule has 0 aromatic heterocycles. The minimum atomic E-state index is -0.694. The average molecular weight is 706 g/mol. The first-order chi connectivity index (χ1) is 24.3. The minimum Gasteiger partial charge on any atom is -0.466 e. The summed E-state index contributed by atoms with van der Waals surface area (Å²) in [6.45, 7) is 1.79. The molecular formula is C39H39N5O4S2. The van der Waals surface area contributed by atoms with Crippen LogP contribution in [0.15, 0.2) is 121 Å². The van der Waals surface area contributed by atoms with Gasteiger partial charge >= 0.3 is 5.97 Å². The Kier molecular flexibility index (Phi) is 12.8. The van der Waals surface area contributed by atoms with Gasteiger partial charge in [-0.05, 0) is 71.3 Å². The van der Waals surface area contributed by atoms with E-state index in [1.165, 1.54) is 7.11 Å². The number of carbonyl (C=O) groups is 2. The van der Waals surface area contributed by atoms with Crippen molar-refractivity contribution in [2.75, 3.05) is 30.8 Å². The third-order valence-electron chi connectivity index (χ3n) is 8.07. The van der Waals surface area contributed by atoms with Gasteiger partial charge < -0.3 is 25.6 Å². The Balaban J connectivity index is 1.20. The van der Waals surface area contributed by atoms with Crippen molar-refractivity contribution in [1.29, 1.82) is 0 Å². The highest BCUT2D eigenvalue weighted by molar-refractivity contribution is 7.80. The SMILES string of the molecule is COC(=O)/C=C/C(=O)N(O)CCCCN(Cc1ccc(CNC(=S)Nc2cccc3ccccc23)cc1)C(=S)Nc1cccc2ccccc12. The zero-order chi connectivity index (χ0) is 35.3. The molecule has 0 aliphatic carbocycles. The number of ether oxygens (including phenoxy) is 1. The van der Waals surface area contributed by atoms with E-state index in [1.807, 2.05) is 48.5 Å². The molecule has 5 aromatic rings. The summed E-state index contributed by atoms with van der Waals surface area (Å²) in [6, 6.07) is 36.8. The van der Waals surface area contributed by atoms with Gasteiger partial charge in [-0.3, -0.25) is 10.0 Å². The van der Waals surface area contributed by atoms with Crippen molar-refractivity contribution >= 4 is 79.5 Å². The van der Waals surface area contributed by atoms with Crippen LogP contribution >= 0.6 is 24.4 Å². The molecule has 0 atom stereocenters. The van der Waals surface area contributed by atoms with Crippen LogP contribution in [0.4, 0.5) is 11.4 Å². The molecule has 0 saturated carbocycles. The van der Waals surface area contributed by atoms with Crippen LogP contribution in [0.2, 0.25) is 0 Å². The highest BCUT2D eigenvalue weighted by atomic mass is 32.1. The van der Waals surface area contributed by atoms with Crippen molar-refractivity contribution in [2.45, 2.75) is 25.9 Å². The highest BCUT2D eigenvalue weighted by Crippen LogP contribution is 2.24. The van der Waals surface area contributed by atoms with E-state index in [1.54, 1.807) is 0 Å². The predicted molar refractivity (Wildman–Crippen MR) is 208 cm³/mol. The molecule has 0 bridgehead atoms. The number of thiocarbonyl (C=S) groups is 2. The fraction of sp³-hybridized carbons (Fsp3) is 0.179. The van der Waals surface area contributed by atoms with Crippen LogP contribution in [0.1, 0.15) is 24.0 Å². The van der Waals surface area contributed by atoms with Crippen LogP contribution in [0.3, 0.4) is 0 Å². The summed E-state index contributed by atoms with van der Waals surface area (Å²) in [6.07, 6.45) is 3.11. The van der Waals surface area contributed by atoms with Crippen molar-refractivity contribution in [3.8, 4) is 0 Å². The van der Waals surface area contributed by atoms with E-state index in [-0.39, 0.29) is 6.54 Å². The Hall–Kier alpha value is -5.36. The minimum absolute atomic E-state index is 0.0978. The van der Waals surface area contributed by atoms with Gasteiger partial charge in [0.15, 0.2) is 10.2 Å². The second-order valence-corrected chi connectivity index (χ2v) is 12.3. The van der Waals surface area contributed by atoms with Crippen molar-refractivity contribution in [2.24, 2.45) is 0 Å². The number of hydroxylamine groups is 2. The van der Waals surface area contributed by atoms with E-state index in [4.69, 9.17) is 24.4 Å². The zero-order valence-corrected chi connectivity index (χ0v) is 29.3. The monoisotopic (exact) mass is 705 g/mol. The lowest BCUT2D eigenvalue weighted by Crippen LogP contribution is -2.35. The first kappa shape index (κ1) is 35.9. The number of hydrogen-bond donors (Lipinski definition) is 4. The maximum absolute atomic E-state index is 12.1. The Morgan fingerprint density at radius 2 is 1.28 bits per heavy atom. The Bertz CT molecular complexity index is 1990. The normalized spacial score (nSPS) is 10.9. The molecule has 50 heavy (non-hydrogen) atoms.